The largest absolute Gasteiger partial charge is 0.316 e. The third-order valence-corrected chi connectivity index (χ3v) is 4.13. The van der Waals surface area contributed by atoms with E-state index in [0.717, 1.165) is 38.4 Å². The summed E-state index contributed by atoms with van der Waals surface area (Å²) in [5, 5.41) is 7.98. The molecule has 0 aliphatic heterocycles. The quantitative estimate of drug-likeness (QED) is 0.785. The van der Waals surface area contributed by atoms with E-state index in [2.05, 4.69) is 40.9 Å². The molecule has 4 nitrogen and oxygen atoms in total. The Kier molecular flexibility index (Phi) is 4.97. The number of hydrogen-bond donors (Lipinski definition) is 1. The van der Waals surface area contributed by atoms with Crippen molar-refractivity contribution in [1.29, 1.82) is 0 Å². The lowest BCUT2D eigenvalue weighted by Gasteiger charge is -2.42. The van der Waals surface area contributed by atoms with Gasteiger partial charge in [0.1, 0.15) is 12.2 Å². The highest BCUT2D eigenvalue weighted by Gasteiger charge is 2.37. The van der Waals surface area contributed by atoms with Crippen molar-refractivity contribution in [3.05, 3.63) is 12.2 Å². The fraction of sp³-hybridized carbons (Fsp3) is 0.867. The van der Waals surface area contributed by atoms with Gasteiger partial charge in [-0.1, -0.05) is 27.2 Å². The summed E-state index contributed by atoms with van der Waals surface area (Å²) in [6, 6.07) is 0. The van der Waals surface area contributed by atoms with Crippen molar-refractivity contribution >= 4 is 0 Å². The van der Waals surface area contributed by atoms with Crippen LogP contribution in [0.5, 0.6) is 0 Å². The molecule has 0 spiro atoms. The van der Waals surface area contributed by atoms with Gasteiger partial charge < -0.3 is 5.32 Å². The Morgan fingerprint density at radius 1 is 1.42 bits per heavy atom. The molecule has 0 aromatic carbocycles. The number of aryl methyl sites for hydroxylation is 1. The highest BCUT2D eigenvalue weighted by molar-refractivity contribution is 4.99. The van der Waals surface area contributed by atoms with Crippen LogP contribution in [0.25, 0.3) is 0 Å². The number of nitrogens with zero attached hydrogens (tertiary/aromatic N) is 3. The molecule has 4 heteroatoms. The minimum absolute atomic E-state index is 0.438. The number of hydrogen-bond acceptors (Lipinski definition) is 3. The van der Waals surface area contributed by atoms with Gasteiger partial charge in [-0.15, -0.1) is 0 Å². The molecule has 0 atom stereocenters. The lowest BCUT2D eigenvalue weighted by molar-refractivity contribution is 0.124. The van der Waals surface area contributed by atoms with Gasteiger partial charge in [-0.05, 0) is 37.1 Å². The Bertz CT molecular complexity index is 379. The standard InChI is InChI=1S/C15H28N4/c1-4-8-19-14(17-12-18-19)9-15(6-5-7-15)11-16-10-13(2)3/h12-13,16H,4-11H2,1-3H3. The van der Waals surface area contributed by atoms with E-state index in [-0.39, 0.29) is 0 Å². The van der Waals surface area contributed by atoms with Crippen LogP contribution in [-0.2, 0) is 13.0 Å². The van der Waals surface area contributed by atoms with Gasteiger partial charge in [-0.25, -0.2) is 4.98 Å². The second-order valence-corrected chi connectivity index (χ2v) is 6.45. The highest BCUT2D eigenvalue weighted by Crippen LogP contribution is 2.42. The second-order valence-electron chi connectivity index (χ2n) is 6.45. The minimum Gasteiger partial charge on any atom is -0.316 e. The summed E-state index contributed by atoms with van der Waals surface area (Å²) in [6.07, 6.45) is 7.94. The Morgan fingerprint density at radius 3 is 2.79 bits per heavy atom. The van der Waals surface area contributed by atoms with E-state index in [1.165, 1.54) is 25.1 Å². The van der Waals surface area contributed by atoms with Crippen molar-refractivity contribution in [2.75, 3.05) is 13.1 Å². The normalized spacial score (nSPS) is 17.7. The molecular weight excluding hydrogens is 236 g/mol. The maximum Gasteiger partial charge on any atom is 0.138 e. The van der Waals surface area contributed by atoms with Crippen LogP contribution in [0.2, 0.25) is 0 Å². The zero-order chi connectivity index (χ0) is 13.7. The van der Waals surface area contributed by atoms with E-state index < -0.39 is 0 Å². The van der Waals surface area contributed by atoms with Crippen LogP contribution in [-0.4, -0.2) is 27.9 Å². The SMILES string of the molecule is CCCn1ncnc1CC1(CNCC(C)C)CCC1. The minimum atomic E-state index is 0.438. The first-order valence-electron chi connectivity index (χ1n) is 7.72. The molecule has 1 heterocycles. The second kappa shape index (κ2) is 6.51. The van der Waals surface area contributed by atoms with E-state index in [4.69, 9.17) is 0 Å². The van der Waals surface area contributed by atoms with E-state index in [0.29, 0.717) is 5.41 Å². The highest BCUT2D eigenvalue weighted by atomic mass is 15.3. The Labute approximate surface area is 117 Å². The van der Waals surface area contributed by atoms with Gasteiger partial charge >= 0.3 is 0 Å². The average molecular weight is 264 g/mol. The van der Waals surface area contributed by atoms with Crippen molar-refractivity contribution in [2.45, 2.75) is 59.4 Å². The summed E-state index contributed by atoms with van der Waals surface area (Å²) in [6.45, 7) is 9.95. The summed E-state index contributed by atoms with van der Waals surface area (Å²) in [4.78, 5) is 4.47. The van der Waals surface area contributed by atoms with Gasteiger partial charge in [0, 0.05) is 19.5 Å². The van der Waals surface area contributed by atoms with Crippen molar-refractivity contribution in [2.24, 2.45) is 11.3 Å². The fourth-order valence-electron chi connectivity index (χ4n) is 2.88. The first kappa shape index (κ1) is 14.5. The maximum absolute atomic E-state index is 4.47. The predicted molar refractivity (Wildman–Crippen MR) is 78.0 cm³/mol. The summed E-state index contributed by atoms with van der Waals surface area (Å²) in [5.41, 5.74) is 0.438. The maximum atomic E-state index is 4.47. The van der Waals surface area contributed by atoms with Crippen molar-refractivity contribution in [3.8, 4) is 0 Å². The molecule has 1 fully saturated rings. The zero-order valence-electron chi connectivity index (χ0n) is 12.7. The van der Waals surface area contributed by atoms with Crippen LogP contribution in [0.4, 0.5) is 0 Å². The van der Waals surface area contributed by atoms with Gasteiger partial charge in [-0.3, -0.25) is 4.68 Å². The molecule has 19 heavy (non-hydrogen) atoms. The van der Waals surface area contributed by atoms with Gasteiger partial charge in [0.2, 0.25) is 0 Å². The molecule has 1 aliphatic rings. The topological polar surface area (TPSA) is 42.7 Å². The molecule has 0 bridgehead atoms. The van der Waals surface area contributed by atoms with Crippen LogP contribution in [0.15, 0.2) is 6.33 Å². The number of rotatable bonds is 8. The van der Waals surface area contributed by atoms with Gasteiger partial charge in [0.25, 0.3) is 0 Å². The third-order valence-electron chi connectivity index (χ3n) is 4.13. The summed E-state index contributed by atoms with van der Waals surface area (Å²) >= 11 is 0. The first-order chi connectivity index (χ1) is 9.15. The van der Waals surface area contributed by atoms with Crippen LogP contribution < -0.4 is 5.32 Å². The summed E-state index contributed by atoms with van der Waals surface area (Å²) < 4.78 is 2.09. The van der Waals surface area contributed by atoms with Crippen LogP contribution in [0, 0.1) is 11.3 Å². The fourth-order valence-corrected chi connectivity index (χ4v) is 2.88. The molecule has 0 radical (unpaired) electrons. The van der Waals surface area contributed by atoms with E-state index >= 15 is 0 Å². The van der Waals surface area contributed by atoms with Crippen molar-refractivity contribution < 1.29 is 0 Å². The van der Waals surface area contributed by atoms with Crippen LogP contribution in [0.1, 0.15) is 52.3 Å². The smallest absolute Gasteiger partial charge is 0.138 e. The van der Waals surface area contributed by atoms with Crippen LogP contribution in [0.3, 0.4) is 0 Å². The van der Waals surface area contributed by atoms with E-state index in [9.17, 15) is 0 Å². The molecule has 1 N–H and O–H groups in total. The summed E-state index contributed by atoms with van der Waals surface area (Å²) in [7, 11) is 0. The number of aromatic nitrogens is 3. The van der Waals surface area contributed by atoms with Crippen molar-refractivity contribution in [3.63, 3.8) is 0 Å². The lowest BCUT2D eigenvalue weighted by Crippen LogP contribution is -2.43. The molecule has 2 rings (SSSR count). The molecule has 1 aliphatic carbocycles. The van der Waals surface area contributed by atoms with Gasteiger partial charge in [-0.2, -0.15) is 5.10 Å². The van der Waals surface area contributed by atoms with Crippen molar-refractivity contribution in [1.82, 2.24) is 20.1 Å². The average Bonchev–Trinajstić information content (AvgIpc) is 2.73. The molecule has 1 aromatic heterocycles. The third kappa shape index (κ3) is 3.78. The molecule has 0 amide bonds. The van der Waals surface area contributed by atoms with Gasteiger partial charge in [0.15, 0.2) is 0 Å². The molecular formula is C15H28N4. The molecule has 0 saturated heterocycles. The van der Waals surface area contributed by atoms with Crippen LogP contribution >= 0.6 is 0 Å². The Morgan fingerprint density at radius 2 is 2.21 bits per heavy atom. The predicted octanol–water partition coefficient (Wildman–Crippen LogP) is 2.65. The Balaban J connectivity index is 1.92. The van der Waals surface area contributed by atoms with Gasteiger partial charge in [0.05, 0.1) is 0 Å². The molecule has 0 unspecified atom stereocenters. The number of nitrogens with one attached hydrogen (secondary N) is 1. The van der Waals surface area contributed by atoms with E-state index in [1.54, 1.807) is 6.33 Å². The molecule has 1 aromatic rings. The molecule has 108 valence electrons. The lowest BCUT2D eigenvalue weighted by atomic mass is 9.66. The first-order valence-corrected chi connectivity index (χ1v) is 7.72. The van der Waals surface area contributed by atoms with E-state index in [1.807, 2.05) is 0 Å². The molecule has 1 saturated carbocycles. The Hall–Kier alpha value is -0.900. The summed E-state index contributed by atoms with van der Waals surface area (Å²) in [5.74, 6) is 1.90. The zero-order valence-corrected chi connectivity index (χ0v) is 12.7. The monoisotopic (exact) mass is 264 g/mol.